The van der Waals surface area contributed by atoms with Crippen LogP contribution in [0.25, 0.3) is 10.9 Å². The number of nitrogens with zero attached hydrogens (tertiary/aromatic N) is 2. The van der Waals surface area contributed by atoms with E-state index in [2.05, 4.69) is 35.9 Å². The summed E-state index contributed by atoms with van der Waals surface area (Å²) in [6.07, 6.45) is 2.43. The summed E-state index contributed by atoms with van der Waals surface area (Å²) in [5, 5.41) is 1.31. The Hall–Kier alpha value is -2.49. The molecule has 21 heavy (non-hydrogen) atoms. The van der Waals surface area contributed by atoms with Gasteiger partial charge in [-0.05, 0) is 30.2 Å². The fourth-order valence-corrected chi connectivity index (χ4v) is 3.24. The van der Waals surface area contributed by atoms with Crippen molar-refractivity contribution < 1.29 is 9.21 Å². The molecular formula is C17H16N2O2. The number of aromatic nitrogens is 1. The molecule has 4 rings (SSSR count). The number of rotatable bonds is 1. The van der Waals surface area contributed by atoms with Gasteiger partial charge in [-0.25, -0.2) is 0 Å². The minimum Gasteiger partial charge on any atom is -0.459 e. The second-order valence-corrected chi connectivity index (χ2v) is 5.46. The van der Waals surface area contributed by atoms with Gasteiger partial charge in [0.15, 0.2) is 5.76 Å². The van der Waals surface area contributed by atoms with Crippen LogP contribution < -0.4 is 0 Å². The average molecular weight is 280 g/mol. The monoisotopic (exact) mass is 280 g/mol. The number of hydrogen-bond donors (Lipinski definition) is 0. The predicted molar refractivity (Wildman–Crippen MR) is 80.1 cm³/mol. The van der Waals surface area contributed by atoms with Crippen LogP contribution in [0.15, 0.2) is 47.1 Å². The number of furan rings is 1. The van der Waals surface area contributed by atoms with Crippen LogP contribution in [0.5, 0.6) is 0 Å². The Bertz CT molecular complexity index is 815. The van der Waals surface area contributed by atoms with Crippen molar-refractivity contribution in [3.05, 3.63) is 59.7 Å². The van der Waals surface area contributed by atoms with Crippen LogP contribution >= 0.6 is 0 Å². The molecule has 0 atom stereocenters. The van der Waals surface area contributed by atoms with Gasteiger partial charge in [-0.15, -0.1) is 0 Å². The van der Waals surface area contributed by atoms with Crippen molar-refractivity contribution in [2.75, 3.05) is 6.54 Å². The number of hydrogen-bond acceptors (Lipinski definition) is 2. The zero-order valence-corrected chi connectivity index (χ0v) is 11.9. The molecule has 0 aliphatic carbocycles. The number of benzene rings is 1. The minimum atomic E-state index is -0.0316. The molecule has 4 heteroatoms. The number of carbonyl (C=O) groups is 1. The molecule has 0 radical (unpaired) electrons. The van der Waals surface area contributed by atoms with Crippen molar-refractivity contribution in [3.8, 4) is 0 Å². The maximum absolute atomic E-state index is 12.4. The Morgan fingerprint density at radius 2 is 2.05 bits per heavy atom. The van der Waals surface area contributed by atoms with E-state index in [1.165, 1.54) is 22.2 Å². The van der Waals surface area contributed by atoms with Gasteiger partial charge in [0, 0.05) is 30.2 Å². The van der Waals surface area contributed by atoms with Gasteiger partial charge in [-0.2, -0.15) is 0 Å². The van der Waals surface area contributed by atoms with Crippen molar-refractivity contribution in [1.29, 1.82) is 0 Å². The Labute approximate surface area is 122 Å². The summed E-state index contributed by atoms with van der Waals surface area (Å²) in [6.45, 7) is 1.38. The number of carbonyl (C=O) groups excluding carboxylic acids is 1. The van der Waals surface area contributed by atoms with Gasteiger partial charge in [0.2, 0.25) is 0 Å². The van der Waals surface area contributed by atoms with E-state index in [0.29, 0.717) is 12.3 Å². The van der Waals surface area contributed by atoms with E-state index in [-0.39, 0.29) is 5.91 Å². The fraction of sp³-hybridized carbons (Fsp3) is 0.235. The molecule has 3 aromatic rings. The van der Waals surface area contributed by atoms with Crippen LogP contribution in [-0.2, 0) is 20.0 Å². The normalized spacial score (nSPS) is 14.4. The van der Waals surface area contributed by atoms with E-state index in [9.17, 15) is 4.79 Å². The zero-order valence-electron chi connectivity index (χ0n) is 11.9. The first-order chi connectivity index (χ1) is 10.3. The lowest BCUT2D eigenvalue weighted by Crippen LogP contribution is -2.36. The first kappa shape index (κ1) is 12.3. The van der Waals surface area contributed by atoms with Crippen molar-refractivity contribution in [2.24, 2.45) is 7.05 Å². The quantitative estimate of drug-likeness (QED) is 0.687. The predicted octanol–water partition coefficient (Wildman–Crippen LogP) is 2.97. The molecule has 1 aliphatic heterocycles. The fourth-order valence-electron chi connectivity index (χ4n) is 3.24. The molecule has 1 amide bonds. The molecule has 4 nitrogen and oxygen atoms in total. The van der Waals surface area contributed by atoms with E-state index < -0.39 is 0 Å². The highest BCUT2D eigenvalue weighted by Crippen LogP contribution is 2.30. The average Bonchev–Trinajstić information content (AvgIpc) is 3.15. The lowest BCUT2D eigenvalue weighted by atomic mass is 10.0. The summed E-state index contributed by atoms with van der Waals surface area (Å²) in [7, 11) is 2.07. The van der Waals surface area contributed by atoms with E-state index in [4.69, 9.17) is 4.42 Å². The molecule has 1 aliphatic rings. The molecule has 3 heterocycles. The molecule has 0 saturated carbocycles. The topological polar surface area (TPSA) is 38.4 Å². The van der Waals surface area contributed by atoms with Gasteiger partial charge in [0.25, 0.3) is 5.91 Å². The number of para-hydroxylation sites is 1. The highest BCUT2D eigenvalue weighted by molar-refractivity contribution is 5.92. The molecule has 0 N–H and O–H groups in total. The summed E-state index contributed by atoms with van der Waals surface area (Å²) in [5.41, 5.74) is 3.83. The van der Waals surface area contributed by atoms with Gasteiger partial charge in [-0.1, -0.05) is 18.2 Å². The molecule has 0 unspecified atom stereocenters. The van der Waals surface area contributed by atoms with Crippen LogP contribution in [0, 0.1) is 0 Å². The van der Waals surface area contributed by atoms with Gasteiger partial charge >= 0.3 is 0 Å². The van der Waals surface area contributed by atoms with E-state index in [1.807, 2.05) is 4.90 Å². The molecule has 0 bridgehead atoms. The molecule has 1 aromatic carbocycles. The summed E-state index contributed by atoms with van der Waals surface area (Å²) in [5.74, 6) is 0.383. The highest BCUT2D eigenvalue weighted by Gasteiger charge is 2.27. The Morgan fingerprint density at radius 1 is 1.19 bits per heavy atom. The van der Waals surface area contributed by atoms with Crippen LogP contribution in [0.4, 0.5) is 0 Å². The standard InChI is InChI=1S/C17H16N2O2/c1-18-14-6-3-2-5-12(14)13-8-9-19(11-15(13)18)17(20)16-7-4-10-21-16/h2-7,10H,8-9,11H2,1H3. The summed E-state index contributed by atoms with van der Waals surface area (Å²) >= 11 is 0. The van der Waals surface area contributed by atoms with Crippen molar-refractivity contribution in [3.63, 3.8) is 0 Å². The molecule has 0 spiro atoms. The first-order valence-electron chi connectivity index (χ1n) is 7.13. The third-order valence-corrected chi connectivity index (χ3v) is 4.34. The Balaban J connectivity index is 1.74. The van der Waals surface area contributed by atoms with Crippen LogP contribution in [0.3, 0.4) is 0 Å². The van der Waals surface area contributed by atoms with E-state index in [1.54, 1.807) is 18.4 Å². The maximum atomic E-state index is 12.4. The van der Waals surface area contributed by atoms with Gasteiger partial charge in [0.05, 0.1) is 12.8 Å². The summed E-state index contributed by atoms with van der Waals surface area (Å²) in [4.78, 5) is 14.3. The largest absolute Gasteiger partial charge is 0.459 e. The second kappa shape index (κ2) is 4.52. The van der Waals surface area contributed by atoms with Crippen LogP contribution in [0.1, 0.15) is 21.8 Å². The molecule has 2 aromatic heterocycles. The summed E-state index contributed by atoms with van der Waals surface area (Å²) < 4.78 is 7.43. The minimum absolute atomic E-state index is 0.0316. The lowest BCUT2D eigenvalue weighted by Gasteiger charge is -2.27. The smallest absolute Gasteiger partial charge is 0.289 e. The lowest BCUT2D eigenvalue weighted by molar-refractivity contribution is 0.0699. The van der Waals surface area contributed by atoms with E-state index >= 15 is 0 Å². The second-order valence-electron chi connectivity index (χ2n) is 5.46. The highest BCUT2D eigenvalue weighted by atomic mass is 16.3. The molecule has 0 saturated heterocycles. The maximum Gasteiger partial charge on any atom is 0.289 e. The van der Waals surface area contributed by atoms with Gasteiger partial charge < -0.3 is 13.9 Å². The third kappa shape index (κ3) is 1.79. The third-order valence-electron chi connectivity index (χ3n) is 4.34. The van der Waals surface area contributed by atoms with Crippen molar-refractivity contribution >= 4 is 16.8 Å². The van der Waals surface area contributed by atoms with Crippen LogP contribution in [0.2, 0.25) is 0 Å². The summed E-state index contributed by atoms with van der Waals surface area (Å²) in [6, 6.07) is 11.9. The number of fused-ring (bicyclic) bond motifs is 3. The zero-order chi connectivity index (χ0) is 14.4. The Kier molecular flexibility index (Phi) is 2.64. The SMILES string of the molecule is Cn1c2c(c3ccccc31)CCN(C(=O)c1ccco1)C2. The molecule has 106 valence electrons. The Morgan fingerprint density at radius 3 is 2.86 bits per heavy atom. The molecule has 0 fully saturated rings. The van der Waals surface area contributed by atoms with Gasteiger partial charge in [0.1, 0.15) is 0 Å². The number of amides is 1. The van der Waals surface area contributed by atoms with Crippen molar-refractivity contribution in [1.82, 2.24) is 9.47 Å². The van der Waals surface area contributed by atoms with E-state index in [0.717, 1.165) is 13.0 Å². The van der Waals surface area contributed by atoms with Crippen molar-refractivity contribution in [2.45, 2.75) is 13.0 Å². The molecular weight excluding hydrogens is 264 g/mol. The number of aryl methyl sites for hydroxylation is 1. The van der Waals surface area contributed by atoms with Crippen LogP contribution in [-0.4, -0.2) is 21.9 Å². The first-order valence-corrected chi connectivity index (χ1v) is 7.13. The van der Waals surface area contributed by atoms with Gasteiger partial charge in [-0.3, -0.25) is 4.79 Å².